The zero-order valence-electron chi connectivity index (χ0n) is 12.7. The van der Waals surface area contributed by atoms with Crippen molar-refractivity contribution in [3.05, 3.63) is 47.3 Å². The lowest BCUT2D eigenvalue weighted by atomic mass is 10.3. The summed E-state index contributed by atoms with van der Waals surface area (Å²) < 4.78 is 11.3. The number of nitrogens with zero attached hydrogens (tertiary/aromatic N) is 5. The summed E-state index contributed by atoms with van der Waals surface area (Å²) in [4.78, 5) is 35.6. The Balaban J connectivity index is 1.89. The molecule has 122 valence electrons. The quantitative estimate of drug-likeness (QED) is 0.636. The molecule has 0 fully saturated rings. The lowest BCUT2D eigenvalue weighted by Gasteiger charge is -2.05. The number of rotatable bonds is 5. The highest BCUT2D eigenvalue weighted by atomic mass is 16.5. The molecule has 0 aliphatic rings. The van der Waals surface area contributed by atoms with Gasteiger partial charge in [0.05, 0.1) is 18.4 Å². The molecule has 0 unspecified atom stereocenters. The highest BCUT2D eigenvalue weighted by Gasteiger charge is 2.13. The van der Waals surface area contributed by atoms with Crippen molar-refractivity contribution in [2.24, 2.45) is 0 Å². The molecule has 0 aliphatic heterocycles. The van der Waals surface area contributed by atoms with Gasteiger partial charge in [0, 0.05) is 24.7 Å². The Bertz CT molecular complexity index is 903. The van der Waals surface area contributed by atoms with Gasteiger partial charge in [0.1, 0.15) is 12.2 Å². The molecule has 0 saturated heterocycles. The van der Waals surface area contributed by atoms with Crippen molar-refractivity contribution in [3.8, 4) is 23.0 Å². The molecule has 3 aromatic rings. The van der Waals surface area contributed by atoms with Crippen LogP contribution in [-0.4, -0.2) is 37.3 Å². The van der Waals surface area contributed by atoms with Gasteiger partial charge in [0.25, 0.3) is 11.4 Å². The van der Waals surface area contributed by atoms with E-state index in [-0.39, 0.29) is 30.4 Å². The Morgan fingerprint density at radius 1 is 1.33 bits per heavy atom. The minimum Gasteiger partial charge on any atom is -0.465 e. The van der Waals surface area contributed by atoms with Crippen LogP contribution in [0.5, 0.6) is 0 Å². The van der Waals surface area contributed by atoms with Crippen LogP contribution in [0, 0.1) is 0 Å². The first-order chi connectivity index (χ1) is 11.7. The molecule has 3 rings (SSSR count). The fraction of sp³-hybridized carbons (Fsp3) is 0.200. The predicted octanol–water partition coefficient (Wildman–Crippen LogP) is 0.918. The maximum atomic E-state index is 11.8. The largest absolute Gasteiger partial charge is 0.465 e. The third-order valence-electron chi connectivity index (χ3n) is 3.05. The second-order valence-corrected chi connectivity index (χ2v) is 4.70. The number of hydrogen-bond donors (Lipinski definition) is 0. The first-order valence-corrected chi connectivity index (χ1v) is 7.14. The van der Waals surface area contributed by atoms with E-state index in [2.05, 4.69) is 20.1 Å². The van der Waals surface area contributed by atoms with Crippen LogP contribution in [-0.2, 0) is 16.1 Å². The molecule has 0 radical (unpaired) electrons. The molecule has 9 nitrogen and oxygen atoms in total. The number of ether oxygens (including phenoxy) is 1. The van der Waals surface area contributed by atoms with Gasteiger partial charge in [-0.3, -0.25) is 14.6 Å². The average Bonchev–Trinajstić information content (AvgIpc) is 3.08. The molecule has 0 aromatic carbocycles. The summed E-state index contributed by atoms with van der Waals surface area (Å²) >= 11 is 0. The minimum atomic E-state index is -0.498. The van der Waals surface area contributed by atoms with Gasteiger partial charge in [-0.2, -0.15) is 4.98 Å². The monoisotopic (exact) mass is 327 g/mol. The number of pyridine rings is 1. The minimum absolute atomic E-state index is 0.189. The lowest BCUT2D eigenvalue weighted by molar-refractivity contribution is -0.143. The van der Waals surface area contributed by atoms with Gasteiger partial charge >= 0.3 is 5.97 Å². The molecule has 0 aliphatic carbocycles. The SMILES string of the molecule is CCOC(=O)Cn1cc(-c2nc(-c3cnccn3)no2)ccc1=O. The van der Waals surface area contributed by atoms with E-state index in [1.165, 1.54) is 41.5 Å². The first kappa shape index (κ1) is 15.5. The highest BCUT2D eigenvalue weighted by molar-refractivity contribution is 5.69. The second kappa shape index (κ2) is 6.82. The summed E-state index contributed by atoms with van der Waals surface area (Å²) in [5.41, 5.74) is 0.634. The molecule has 0 atom stereocenters. The van der Waals surface area contributed by atoms with Crippen molar-refractivity contribution in [2.45, 2.75) is 13.5 Å². The van der Waals surface area contributed by atoms with E-state index in [4.69, 9.17) is 9.26 Å². The topological polar surface area (TPSA) is 113 Å². The molecule has 0 amide bonds. The third-order valence-corrected chi connectivity index (χ3v) is 3.05. The van der Waals surface area contributed by atoms with Gasteiger partial charge < -0.3 is 13.8 Å². The number of carbonyl (C=O) groups excluding carboxylic acids is 1. The molecule has 0 saturated carbocycles. The molecule has 9 heteroatoms. The maximum Gasteiger partial charge on any atom is 0.326 e. The van der Waals surface area contributed by atoms with Crippen molar-refractivity contribution >= 4 is 5.97 Å². The van der Waals surface area contributed by atoms with Crippen LogP contribution in [0.4, 0.5) is 0 Å². The molecular weight excluding hydrogens is 314 g/mol. The smallest absolute Gasteiger partial charge is 0.326 e. The zero-order chi connectivity index (χ0) is 16.9. The van der Waals surface area contributed by atoms with Crippen molar-refractivity contribution < 1.29 is 14.1 Å². The fourth-order valence-electron chi connectivity index (χ4n) is 1.99. The number of hydrogen-bond acceptors (Lipinski definition) is 8. The lowest BCUT2D eigenvalue weighted by Crippen LogP contribution is -2.24. The molecule has 0 spiro atoms. The van der Waals surface area contributed by atoms with E-state index >= 15 is 0 Å². The Hall–Kier alpha value is -3.36. The number of esters is 1. The first-order valence-electron chi connectivity index (χ1n) is 7.14. The summed E-state index contributed by atoms with van der Waals surface area (Å²) in [7, 11) is 0. The molecule has 3 heterocycles. The Morgan fingerprint density at radius 3 is 2.96 bits per heavy atom. The summed E-state index contributed by atoms with van der Waals surface area (Å²) in [6.45, 7) is 1.76. The van der Waals surface area contributed by atoms with E-state index in [1.54, 1.807) is 6.92 Å². The summed E-state index contributed by atoms with van der Waals surface area (Å²) in [6, 6.07) is 2.86. The standard InChI is InChI=1S/C15H13N5O4/c1-2-23-13(22)9-20-8-10(3-4-12(20)21)15-18-14(19-24-15)11-7-16-5-6-17-11/h3-8H,2,9H2,1H3. The molecule has 3 aromatic heterocycles. The summed E-state index contributed by atoms with van der Waals surface area (Å²) in [6.07, 6.45) is 6.03. The summed E-state index contributed by atoms with van der Waals surface area (Å²) in [5.74, 6) is -0.0166. The van der Waals surface area contributed by atoms with Crippen LogP contribution >= 0.6 is 0 Å². The zero-order valence-corrected chi connectivity index (χ0v) is 12.7. The fourth-order valence-corrected chi connectivity index (χ4v) is 1.99. The van der Waals surface area contributed by atoms with Crippen LogP contribution in [0.2, 0.25) is 0 Å². The van der Waals surface area contributed by atoms with E-state index in [1.807, 2.05) is 0 Å². The Kier molecular flexibility index (Phi) is 4.41. The summed E-state index contributed by atoms with van der Waals surface area (Å²) in [5, 5.41) is 3.84. The van der Waals surface area contributed by atoms with E-state index in [0.717, 1.165) is 0 Å². The predicted molar refractivity (Wildman–Crippen MR) is 81.7 cm³/mol. The Morgan fingerprint density at radius 2 is 2.21 bits per heavy atom. The normalized spacial score (nSPS) is 10.5. The van der Waals surface area contributed by atoms with Crippen molar-refractivity contribution in [1.82, 2.24) is 24.7 Å². The van der Waals surface area contributed by atoms with Crippen LogP contribution in [0.25, 0.3) is 23.0 Å². The number of aromatic nitrogens is 5. The van der Waals surface area contributed by atoms with Crippen molar-refractivity contribution in [3.63, 3.8) is 0 Å². The molecule has 0 N–H and O–H groups in total. The van der Waals surface area contributed by atoms with Gasteiger partial charge in [0.15, 0.2) is 0 Å². The van der Waals surface area contributed by atoms with Crippen LogP contribution in [0.15, 0.2) is 46.2 Å². The number of carbonyl (C=O) groups is 1. The Labute approximate surface area is 135 Å². The molecular formula is C15H13N5O4. The van der Waals surface area contributed by atoms with Gasteiger partial charge in [-0.1, -0.05) is 5.16 Å². The van der Waals surface area contributed by atoms with E-state index in [9.17, 15) is 9.59 Å². The van der Waals surface area contributed by atoms with E-state index < -0.39 is 5.97 Å². The van der Waals surface area contributed by atoms with Gasteiger partial charge in [0.2, 0.25) is 5.82 Å². The van der Waals surface area contributed by atoms with Gasteiger partial charge in [-0.15, -0.1) is 0 Å². The van der Waals surface area contributed by atoms with Crippen LogP contribution < -0.4 is 5.56 Å². The van der Waals surface area contributed by atoms with Crippen molar-refractivity contribution in [1.29, 1.82) is 0 Å². The highest BCUT2D eigenvalue weighted by Crippen LogP contribution is 2.19. The van der Waals surface area contributed by atoms with Gasteiger partial charge in [-0.05, 0) is 13.0 Å². The maximum absolute atomic E-state index is 11.8. The van der Waals surface area contributed by atoms with Crippen molar-refractivity contribution in [2.75, 3.05) is 6.61 Å². The van der Waals surface area contributed by atoms with Gasteiger partial charge in [-0.25, -0.2) is 4.98 Å². The molecule has 0 bridgehead atoms. The molecule has 24 heavy (non-hydrogen) atoms. The van der Waals surface area contributed by atoms with Crippen LogP contribution in [0.3, 0.4) is 0 Å². The van der Waals surface area contributed by atoms with E-state index in [0.29, 0.717) is 11.3 Å². The van der Waals surface area contributed by atoms with Crippen LogP contribution in [0.1, 0.15) is 6.92 Å². The second-order valence-electron chi connectivity index (χ2n) is 4.70. The average molecular weight is 327 g/mol. The third kappa shape index (κ3) is 3.35.